The quantitative estimate of drug-likeness (QED) is 0.572. The zero-order valence-corrected chi connectivity index (χ0v) is 17.1. The first-order valence-electron chi connectivity index (χ1n) is 9.72. The van der Waals surface area contributed by atoms with Gasteiger partial charge in [-0.1, -0.05) is 24.3 Å². The van der Waals surface area contributed by atoms with Crippen LogP contribution in [0.4, 0.5) is 5.69 Å². The summed E-state index contributed by atoms with van der Waals surface area (Å²) in [6.45, 7) is 4.01. The number of fused-ring (bicyclic) bond motifs is 1. The van der Waals surface area contributed by atoms with Gasteiger partial charge in [0.2, 0.25) is 0 Å². The average Bonchev–Trinajstić information content (AvgIpc) is 3.16. The van der Waals surface area contributed by atoms with E-state index >= 15 is 0 Å². The lowest BCUT2D eigenvalue weighted by molar-refractivity contribution is -0.132. The third-order valence-corrected chi connectivity index (χ3v) is 5.81. The summed E-state index contributed by atoms with van der Waals surface area (Å²) in [5.74, 6) is -0.0189. The van der Waals surface area contributed by atoms with Crippen LogP contribution in [0.2, 0.25) is 0 Å². The molecule has 0 radical (unpaired) electrons. The summed E-state index contributed by atoms with van der Waals surface area (Å²) in [4.78, 5) is 14.0. The number of aliphatic carboxylic acids is 1. The second-order valence-corrected chi connectivity index (χ2v) is 7.76. The molecule has 4 rings (SSSR count). The van der Waals surface area contributed by atoms with E-state index in [9.17, 15) is 9.90 Å². The van der Waals surface area contributed by atoms with Crippen molar-refractivity contribution in [3.8, 4) is 16.9 Å². The second-order valence-electron chi connectivity index (χ2n) is 6.98. The van der Waals surface area contributed by atoms with Gasteiger partial charge in [0.1, 0.15) is 5.75 Å². The Morgan fingerprint density at radius 2 is 2.07 bits per heavy atom. The van der Waals surface area contributed by atoms with Gasteiger partial charge in [0.25, 0.3) is 0 Å². The van der Waals surface area contributed by atoms with E-state index in [1.54, 1.807) is 11.3 Å². The predicted molar refractivity (Wildman–Crippen MR) is 119 cm³/mol. The van der Waals surface area contributed by atoms with Crippen molar-refractivity contribution in [1.29, 1.82) is 0 Å². The fourth-order valence-electron chi connectivity index (χ4n) is 3.68. The fourth-order valence-corrected chi connectivity index (χ4v) is 4.34. The minimum atomic E-state index is -0.853. The molecule has 2 heterocycles. The highest BCUT2D eigenvalue weighted by Crippen LogP contribution is 2.36. The van der Waals surface area contributed by atoms with Crippen molar-refractivity contribution in [2.24, 2.45) is 0 Å². The van der Waals surface area contributed by atoms with Gasteiger partial charge in [0.15, 0.2) is 0 Å². The number of para-hydroxylation sites is 1. The molecule has 1 aromatic heterocycles. The number of carbonyl (C=O) groups is 1. The Bertz CT molecular complexity index is 1040. The van der Waals surface area contributed by atoms with Crippen molar-refractivity contribution in [3.05, 3.63) is 76.0 Å². The van der Waals surface area contributed by atoms with Crippen LogP contribution in [0.1, 0.15) is 24.5 Å². The van der Waals surface area contributed by atoms with Crippen LogP contribution in [0, 0.1) is 0 Å². The zero-order valence-electron chi connectivity index (χ0n) is 16.3. The van der Waals surface area contributed by atoms with Gasteiger partial charge in [-0.15, -0.1) is 0 Å². The van der Waals surface area contributed by atoms with Crippen molar-refractivity contribution in [1.82, 2.24) is 0 Å². The first kappa shape index (κ1) is 19.3. The van der Waals surface area contributed by atoms with E-state index in [4.69, 9.17) is 4.74 Å². The number of benzene rings is 2. The van der Waals surface area contributed by atoms with Gasteiger partial charge in [0, 0.05) is 29.9 Å². The molecular formula is C24H23NO3S. The van der Waals surface area contributed by atoms with E-state index in [1.807, 2.05) is 37.3 Å². The molecule has 4 nitrogen and oxygen atoms in total. The molecule has 0 atom stereocenters. The lowest BCUT2D eigenvalue weighted by Crippen LogP contribution is -2.24. The average molecular weight is 406 g/mol. The number of carboxylic acids is 1. The molecule has 29 heavy (non-hydrogen) atoms. The van der Waals surface area contributed by atoms with Gasteiger partial charge in [0.05, 0.1) is 6.61 Å². The number of carboxylic acid groups (broad SMARTS) is 1. The number of hydrogen-bond acceptors (Lipinski definition) is 4. The maximum Gasteiger partial charge on any atom is 0.331 e. The summed E-state index contributed by atoms with van der Waals surface area (Å²) >= 11 is 1.68. The summed E-state index contributed by atoms with van der Waals surface area (Å²) in [6, 6.07) is 16.3. The molecule has 5 heteroatoms. The molecule has 0 amide bonds. The SMILES string of the molecule is CCOc1ccccc1-c1ccc2c(c1)C=C(C(=O)O)CCN2Cc1ccsc1. The summed E-state index contributed by atoms with van der Waals surface area (Å²) in [7, 11) is 0. The van der Waals surface area contributed by atoms with E-state index in [0.717, 1.165) is 34.7 Å². The Hall–Kier alpha value is -3.05. The minimum absolute atomic E-state index is 0.439. The van der Waals surface area contributed by atoms with E-state index in [0.29, 0.717) is 25.1 Å². The molecule has 1 aliphatic rings. The van der Waals surface area contributed by atoms with Gasteiger partial charge in [-0.25, -0.2) is 4.79 Å². The Morgan fingerprint density at radius 1 is 1.21 bits per heavy atom. The summed E-state index contributed by atoms with van der Waals surface area (Å²) in [6.07, 6.45) is 2.33. The highest BCUT2D eigenvalue weighted by atomic mass is 32.1. The Kier molecular flexibility index (Phi) is 5.67. The molecule has 0 saturated carbocycles. The topological polar surface area (TPSA) is 49.8 Å². The molecule has 0 unspecified atom stereocenters. The van der Waals surface area contributed by atoms with E-state index in [1.165, 1.54) is 5.56 Å². The molecule has 3 aromatic rings. The van der Waals surface area contributed by atoms with E-state index in [2.05, 4.69) is 39.9 Å². The number of nitrogens with zero attached hydrogens (tertiary/aromatic N) is 1. The maximum absolute atomic E-state index is 11.7. The molecular weight excluding hydrogens is 382 g/mol. The monoisotopic (exact) mass is 405 g/mol. The standard InChI is InChI=1S/C24H23NO3S/c1-2-28-23-6-4-3-5-21(23)18-7-8-22-20(13-18)14-19(24(26)27)9-11-25(22)15-17-10-12-29-16-17/h3-8,10,12-14,16H,2,9,11,15H2,1H3,(H,26,27). The lowest BCUT2D eigenvalue weighted by Gasteiger charge is -2.25. The lowest BCUT2D eigenvalue weighted by atomic mass is 9.99. The van der Waals surface area contributed by atoms with Crippen LogP contribution in [-0.4, -0.2) is 24.2 Å². The van der Waals surface area contributed by atoms with Gasteiger partial charge < -0.3 is 14.7 Å². The molecule has 1 aliphatic heterocycles. The largest absolute Gasteiger partial charge is 0.493 e. The van der Waals surface area contributed by atoms with Crippen LogP contribution >= 0.6 is 11.3 Å². The molecule has 0 aliphatic carbocycles. The van der Waals surface area contributed by atoms with Crippen LogP contribution in [0.15, 0.2) is 64.9 Å². The molecule has 0 bridgehead atoms. The Balaban J connectivity index is 1.78. The van der Waals surface area contributed by atoms with Crippen LogP contribution < -0.4 is 9.64 Å². The van der Waals surface area contributed by atoms with Crippen LogP contribution in [0.5, 0.6) is 5.75 Å². The van der Waals surface area contributed by atoms with Crippen molar-refractivity contribution >= 4 is 29.1 Å². The number of ether oxygens (including phenoxy) is 1. The van der Waals surface area contributed by atoms with Gasteiger partial charge in [-0.2, -0.15) is 11.3 Å². The number of hydrogen-bond donors (Lipinski definition) is 1. The van der Waals surface area contributed by atoms with Crippen LogP contribution in [0.3, 0.4) is 0 Å². The summed E-state index contributed by atoms with van der Waals surface area (Å²) < 4.78 is 5.79. The molecule has 148 valence electrons. The van der Waals surface area contributed by atoms with E-state index in [-0.39, 0.29) is 0 Å². The molecule has 2 aromatic carbocycles. The number of anilines is 1. The highest BCUT2D eigenvalue weighted by molar-refractivity contribution is 7.07. The van der Waals surface area contributed by atoms with Gasteiger partial charge >= 0.3 is 5.97 Å². The maximum atomic E-state index is 11.7. The number of rotatable bonds is 6. The van der Waals surface area contributed by atoms with Crippen molar-refractivity contribution in [2.75, 3.05) is 18.1 Å². The highest BCUT2D eigenvalue weighted by Gasteiger charge is 2.20. The van der Waals surface area contributed by atoms with Crippen molar-refractivity contribution < 1.29 is 14.6 Å². The molecule has 0 fully saturated rings. The van der Waals surface area contributed by atoms with Gasteiger partial charge in [-0.3, -0.25) is 0 Å². The Morgan fingerprint density at radius 3 is 2.83 bits per heavy atom. The van der Waals surface area contributed by atoms with Crippen molar-refractivity contribution in [3.63, 3.8) is 0 Å². The van der Waals surface area contributed by atoms with Crippen LogP contribution in [0.25, 0.3) is 17.2 Å². The first-order valence-corrected chi connectivity index (χ1v) is 10.7. The second kappa shape index (κ2) is 8.53. The third-order valence-electron chi connectivity index (χ3n) is 5.08. The summed E-state index contributed by atoms with van der Waals surface area (Å²) in [5, 5.41) is 13.8. The summed E-state index contributed by atoms with van der Waals surface area (Å²) in [5.41, 5.74) is 5.70. The number of thiophene rings is 1. The van der Waals surface area contributed by atoms with Gasteiger partial charge in [-0.05, 0) is 71.1 Å². The smallest absolute Gasteiger partial charge is 0.331 e. The fraction of sp³-hybridized carbons (Fsp3) is 0.208. The molecule has 0 spiro atoms. The van der Waals surface area contributed by atoms with Crippen LogP contribution in [-0.2, 0) is 11.3 Å². The minimum Gasteiger partial charge on any atom is -0.493 e. The van der Waals surface area contributed by atoms with Crippen molar-refractivity contribution in [2.45, 2.75) is 19.9 Å². The first-order chi connectivity index (χ1) is 14.2. The Labute approximate surface area is 174 Å². The third kappa shape index (κ3) is 4.20. The molecule has 1 N–H and O–H groups in total. The predicted octanol–water partition coefficient (Wildman–Crippen LogP) is 5.69. The van der Waals surface area contributed by atoms with E-state index < -0.39 is 5.97 Å². The molecule has 0 saturated heterocycles. The normalized spacial score (nSPS) is 13.4. The zero-order chi connectivity index (χ0) is 20.2.